The molecular formula is C20H39N3. The molecule has 0 aliphatic carbocycles. The third-order valence-corrected chi connectivity index (χ3v) is 3.84. The molecule has 0 spiro atoms. The molecule has 3 nitrogen and oxygen atoms in total. The third kappa shape index (κ3) is 15.4. The van der Waals surface area contributed by atoms with Gasteiger partial charge in [0.25, 0.3) is 0 Å². The van der Waals surface area contributed by atoms with E-state index in [0.717, 1.165) is 25.3 Å². The van der Waals surface area contributed by atoms with Crippen LogP contribution in [0.15, 0.2) is 37.7 Å². The number of hydrogen-bond acceptors (Lipinski definition) is 3. The zero-order chi connectivity index (χ0) is 17.6. The number of unbranched alkanes of at least 4 members (excludes halogenated alkanes) is 1. The molecule has 0 amide bonds. The van der Waals surface area contributed by atoms with Crippen molar-refractivity contribution in [1.82, 2.24) is 16.0 Å². The molecule has 3 heteroatoms. The first-order valence-electron chi connectivity index (χ1n) is 8.99. The lowest BCUT2D eigenvalue weighted by atomic mass is 9.88. The van der Waals surface area contributed by atoms with Crippen molar-refractivity contribution in [3.63, 3.8) is 0 Å². The van der Waals surface area contributed by atoms with E-state index in [4.69, 9.17) is 0 Å². The van der Waals surface area contributed by atoms with Gasteiger partial charge in [0.05, 0.1) is 6.54 Å². The molecule has 0 aromatic carbocycles. The van der Waals surface area contributed by atoms with Crippen molar-refractivity contribution in [2.24, 2.45) is 5.41 Å². The minimum Gasteiger partial charge on any atom is -0.387 e. The highest BCUT2D eigenvalue weighted by molar-refractivity contribution is 4.94. The summed E-state index contributed by atoms with van der Waals surface area (Å²) in [6.07, 6.45) is 11.1. The van der Waals surface area contributed by atoms with Crippen molar-refractivity contribution < 1.29 is 0 Å². The van der Waals surface area contributed by atoms with Crippen LogP contribution in [0.2, 0.25) is 0 Å². The molecule has 0 aromatic heterocycles. The SMILES string of the molecule is C=CCNC(CCCCNC(=C)CNC=C)CCCC(C)(C)C. The van der Waals surface area contributed by atoms with Crippen molar-refractivity contribution in [1.29, 1.82) is 0 Å². The van der Waals surface area contributed by atoms with Gasteiger partial charge in [-0.2, -0.15) is 0 Å². The molecule has 23 heavy (non-hydrogen) atoms. The predicted octanol–water partition coefficient (Wildman–Crippen LogP) is 4.35. The van der Waals surface area contributed by atoms with E-state index < -0.39 is 0 Å². The van der Waals surface area contributed by atoms with E-state index in [1.807, 2.05) is 6.08 Å². The third-order valence-electron chi connectivity index (χ3n) is 3.84. The second-order valence-corrected chi connectivity index (χ2v) is 7.46. The van der Waals surface area contributed by atoms with Crippen molar-refractivity contribution >= 4 is 0 Å². The Balaban J connectivity index is 3.84. The van der Waals surface area contributed by atoms with Gasteiger partial charge in [-0.1, -0.05) is 52.8 Å². The molecule has 0 aliphatic rings. The Morgan fingerprint density at radius 2 is 1.78 bits per heavy atom. The van der Waals surface area contributed by atoms with Gasteiger partial charge in [-0.25, -0.2) is 0 Å². The molecule has 0 aromatic rings. The monoisotopic (exact) mass is 321 g/mol. The van der Waals surface area contributed by atoms with E-state index in [0.29, 0.717) is 11.5 Å². The molecule has 0 radical (unpaired) electrons. The standard InChI is InChI=1S/C20H39N3/c1-7-15-23-19(13-11-14-20(4,5)6)12-9-10-16-22-18(3)17-21-8-2/h7-8,19,21-23H,1-3,9-17H2,4-6H3. The maximum atomic E-state index is 3.98. The van der Waals surface area contributed by atoms with Gasteiger partial charge in [-0.15, -0.1) is 6.58 Å². The second kappa shape index (κ2) is 13.2. The van der Waals surface area contributed by atoms with Crippen LogP contribution in [0.3, 0.4) is 0 Å². The largest absolute Gasteiger partial charge is 0.387 e. The van der Waals surface area contributed by atoms with E-state index in [1.165, 1.54) is 38.5 Å². The average molecular weight is 322 g/mol. The molecule has 0 saturated carbocycles. The minimum absolute atomic E-state index is 0.437. The Kier molecular flexibility index (Phi) is 12.5. The first-order valence-corrected chi connectivity index (χ1v) is 8.99. The summed E-state index contributed by atoms with van der Waals surface area (Å²) in [7, 11) is 0. The average Bonchev–Trinajstić information content (AvgIpc) is 2.48. The Hall–Kier alpha value is -1.22. The van der Waals surface area contributed by atoms with Gasteiger partial charge in [0, 0.05) is 24.8 Å². The van der Waals surface area contributed by atoms with Crippen LogP contribution in [0.25, 0.3) is 0 Å². The maximum absolute atomic E-state index is 3.98. The molecule has 1 atom stereocenters. The van der Waals surface area contributed by atoms with E-state index in [1.54, 1.807) is 6.20 Å². The van der Waals surface area contributed by atoms with Crippen molar-refractivity contribution in [3.05, 3.63) is 37.7 Å². The summed E-state index contributed by atoms with van der Waals surface area (Å²) >= 11 is 0. The molecule has 1 unspecified atom stereocenters. The number of nitrogens with one attached hydrogen (secondary N) is 3. The van der Waals surface area contributed by atoms with E-state index in [-0.39, 0.29) is 0 Å². The summed E-state index contributed by atoms with van der Waals surface area (Å²) in [5, 5.41) is 10.0. The van der Waals surface area contributed by atoms with Gasteiger partial charge in [0.1, 0.15) is 0 Å². The number of rotatable bonds is 15. The van der Waals surface area contributed by atoms with Gasteiger partial charge in [0.15, 0.2) is 0 Å². The first-order chi connectivity index (χ1) is 10.9. The summed E-state index contributed by atoms with van der Waals surface area (Å²) < 4.78 is 0. The lowest BCUT2D eigenvalue weighted by Gasteiger charge is -2.22. The van der Waals surface area contributed by atoms with Crippen LogP contribution in [0.1, 0.15) is 59.3 Å². The Morgan fingerprint density at radius 1 is 1.09 bits per heavy atom. The van der Waals surface area contributed by atoms with Gasteiger partial charge in [0.2, 0.25) is 0 Å². The molecule has 3 N–H and O–H groups in total. The zero-order valence-corrected chi connectivity index (χ0v) is 15.7. The summed E-state index contributed by atoms with van der Waals surface area (Å²) in [4.78, 5) is 0. The smallest absolute Gasteiger partial charge is 0.0536 e. The lowest BCUT2D eigenvalue weighted by Crippen LogP contribution is -2.30. The first kappa shape index (κ1) is 21.8. The second-order valence-electron chi connectivity index (χ2n) is 7.46. The Labute approximate surface area is 144 Å². The maximum Gasteiger partial charge on any atom is 0.0536 e. The Morgan fingerprint density at radius 3 is 2.39 bits per heavy atom. The van der Waals surface area contributed by atoms with Crippen LogP contribution >= 0.6 is 0 Å². The summed E-state index contributed by atoms with van der Waals surface area (Å²) in [6.45, 7) is 21.0. The fraction of sp³-hybridized carbons (Fsp3) is 0.700. The quantitative estimate of drug-likeness (QED) is 0.310. The summed E-state index contributed by atoms with van der Waals surface area (Å²) in [5.74, 6) is 0. The molecule has 0 saturated heterocycles. The normalized spacial score (nSPS) is 12.5. The summed E-state index contributed by atoms with van der Waals surface area (Å²) in [6, 6.07) is 0.612. The van der Waals surface area contributed by atoms with Crippen LogP contribution in [0.5, 0.6) is 0 Å². The lowest BCUT2D eigenvalue weighted by molar-refractivity contribution is 0.337. The van der Waals surface area contributed by atoms with Gasteiger partial charge >= 0.3 is 0 Å². The topological polar surface area (TPSA) is 36.1 Å². The van der Waals surface area contributed by atoms with Gasteiger partial charge in [-0.3, -0.25) is 0 Å². The van der Waals surface area contributed by atoms with Crippen LogP contribution in [0.4, 0.5) is 0 Å². The van der Waals surface area contributed by atoms with Crippen LogP contribution in [-0.2, 0) is 0 Å². The van der Waals surface area contributed by atoms with Gasteiger partial charge in [-0.05, 0) is 37.3 Å². The highest BCUT2D eigenvalue weighted by Gasteiger charge is 2.12. The molecule has 0 heterocycles. The van der Waals surface area contributed by atoms with Crippen molar-refractivity contribution in [3.8, 4) is 0 Å². The van der Waals surface area contributed by atoms with E-state index in [2.05, 4.69) is 56.5 Å². The highest BCUT2D eigenvalue weighted by Crippen LogP contribution is 2.22. The minimum atomic E-state index is 0.437. The van der Waals surface area contributed by atoms with Crippen LogP contribution < -0.4 is 16.0 Å². The number of hydrogen-bond donors (Lipinski definition) is 3. The highest BCUT2D eigenvalue weighted by atomic mass is 14.9. The molecule has 0 bridgehead atoms. The predicted molar refractivity (Wildman–Crippen MR) is 104 cm³/mol. The molecular weight excluding hydrogens is 282 g/mol. The molecule has 0 rings (SSSR count). The Bertz CT molecular complexity index is 328. The van der Waals surface area contributed by atoms with E-state index >= 15 is 0 Å². The fourth-order valence-electron chi connectivity index (χ4n) is 2.52. The molecule has 0 aliphatic heterocycles. The van der Waals surface area contributed by atoms with Crippen LogP contribution in [0, 0.1) is 5.41 Å². The fourth-order valence-corrected chi connectivity index (χ4v) is 2.52. The van der Waals surface area contributed by atoms with Crippen LogP contribution in [-0.4, -0.2) is 25.7 Å². The van der Waals surface area contributed by atoms with E-state index in [9.17, 15) is 0 Å². The molecule has 134 valence electrons. The van der Waals surface area contributed by atoms with Crippen molar-refractivity contribution in [2.75, 3.05) is 19.6 Å². The molecule has 0 fully saturated rings. The zero-order valence-electron chi connectivity index (χ0n) is 15.7. The van der Waals surface area contributed by atoms with Gasteiger partial charge < -0.3 is 16.0 Å². The summed E-state index contributed by atoms with van der Waals surface area (Å²) in [5.41, 5.74) is 1.46. The van der Waals surface area contributed by atoms with Crippen molar-refractivity contribution in [2.45, 2.75) is 65.3 Å².